The minimum Gasteiger partial charge on any atom is -0.380 e. The van der Waals surface area contributed by atoms with Gasteiger partial charge in [-0.3, -0.25) is 0 Å². The molecule has 0 fully saturated rings. The summed E-state index contributed by atoms with van der Waals surface area (Å²) in [5, 5.41) is 54.2. The molecule has 0 aromatic rings. The third-order valence-corrected chi connectivity index (χ3v) is 5.72. The van der Waals surface area contributed by atoms with Crippen LogP contribution in [0.3, 0.4) is 0 Å². The molecule has 0 amide bonds. The number of rotatable bonds is 23. The molecule has 36 heavy (non-hydrogen) atoms. The summed E-state index contributed by atoms with van der Waals surface area (Å²) in [5.41, 5.74) is -1.16. The van der Waals surface area contributed by atoms with Gasteiger partial charge in [0.1, 0.15) is 0 Å². The van der Waals surface area contributed by atoms with Gasteiger partial charge < -0.3 is 18.9 Å². The molecule has 0 aliphatic carbocycles. The third-order valence-electron chi connectivity index (χ3n) is 5.72. The van der Waals surface area contributed by atoms with E-state index < -0.39 is 10.8 Å². The zero-order valence-electron chi connectivity index (χ0n) is 21.0. The Morgan fingerprint density at radius 1 is 0.389 bits per heavy atom. The van der Waals surface area contributed by atoms with Gasteiger partial charge in [-0.05, 0) is 31.1 Å². The van der Waals surface area contributed by atoms with Crippen LogP contribution in [0.1, 0.15) is 64.2 Å². The highest BCUT2D eigenvalue weighted by Gasteiger charge is 2.42. The van der Waals surface area contributed by atoms with Crippen molar-refractivity contribution in [3.63, 3.8) is 0 Å². The van der Waals surface area contributed by atoms with E-state index in [0.717, 1.165) is 0 Å². The number of hydrogen-bond donors (Lipinski definition) is 0. The minimum absolute atomic E-state index is 0.229. The van der Waals surface area contributed by atoms with Crippen LogP contribution in [-0.2, 0) is 18.9 Å². The van der Waals surface area contributed by atoms with Gasteiger partial charge >= 0.3 is 0 Å². The highest BCUT2D eigenvalue weighted by atomic mass is 16.5. The summed E-state index contributed by atoms with van der Waals surface area (Å²) in [6, 6.07) is 12.6. The summed E-state index contributed by atoms with van der Waals surface area (Å²) in [4.78, 5) is 0. The molecule has 0 saturated heterocycles. The molecule has 1 unspecified atom stereocenters. The molecule has 0 heterocycles. The van der Waals surface area contributed by atoms with Crippen molar-refractivity contribution < 1.29 is 18.9 Å². The molecule has 0 aromatic carbocycles. The molecule has 194 valence electrons. The van der Waals surface area contributed by atoms with Crippen molar-refractivity contribution in [2.75, 3.05) is 52.9 Å². The minimum atomic E-state index is -0.624. The molecule has 10 heteroatoms. The van der Waals surface area contributed by atoms with Gasteiger partial charge in [-0.25, -0.2) is 0 Å². The number of nitrogens with zero attached hydrogens (tertiary/aromatic N) is 6. The first-order valence-electron chi connectivity index (χ1n) is 12.1. The molecular weight excluding hydrogens is 460 g/mol. The number of hydrogen-bond acceptors (Lipinski definition) is 10. The topological polar surface area (TPSA) is 180 Å². The summed E-state index contributed by atoms with van der Waals surface area (Å²) in [7, 11) is 0. The molecule has 0 aliphatic heterocycles. The molecule has 0 N–H and O–H groups in total. The van der Waals surface area contributed by atoms with Crippen LogP contribution in [-0.4, -0.2) is 52.9 Å². The maximum atomic E-state index is 9.37. The lowest BCUT2D eigenvalue weighted by molar-refractivity contribution is -0.0778. The Bertz CT molecular complexity index is 817. The van der Waals surface area contributed by atoms with Crippen molar-refractivity contribution in [2.45, 2.75) is 64.2 Å². The molecule has 0 rings (SSSR count). The molecule has 0 aromatic heterocycles. The lowest BCUT2D eigenvalue weighted by atomic mass is 9.66. The van der Waals surface area contributed by atoms with Crippen molar-refractivity contribution in [1.29, 1.82) is 31.6 Å². The SMILES string of the molecule is N#CCCOCCC(CCC#N)(COCCC#N)CC(CCC#N)(COCCC#N)COCCC#N. The molecule has 10 nitrogen and oxygen atoms in total. The van der Waals surface area contributed by atoms with E-state index in [4.69, 9.17) is 40.0 Å². The maximum Gasteiger partial charge on any atom is 0.0645 e. The van der Waals surface area contributed by atoms with E-state index >= 15 is 0 Å². The predicted octanol–water partition coefficient (Wildman–Crippen LogP) is 4.07. The second-order valence-electron chi connectivity index (χ2n) is 8.65. The lowest BCUT2D eigenvalue weighted by Gasteiger charge is -2.43. The molecule has 0 aliphatic rings. The van der Waals surface area contributed by atoms with E-state index in [1.54, 1.807) is 0 Å². The Kier molecular flexibility index (Phi) is 20.3. The van der Waals surface area contributed by atoms with Crippen molar-refractivity contribution in [3.05, 3.63) is 0 Å². The van der Waals surface area contributed by atoms with Crippen LogP contribution in [0.2, 0.25) is 0 Å². The summed E-state index contributed by atoms with van der Waals surface area (Å²) >= 11 is 0. The Morgan fingerprint density at radius 2 is 0.750 bits per heavy atom. The number of ether oxygens (including phenoxy) is 4. The number of nitriles is 6. The second-order valence-corrected chi connectivity index (χ2v) is 8.65. The normalized spacial score (nSPS) is 12.2. The largest absolute Gasteiger partial charge is 0.380 e. The van der Waals surface area contributed by atoms with Crippen molar-refractivity contribution >= 4 is 0 Å². The Morgan fingerprint density at radius 3 is 1.17 bits per heavy atom. The zero-order chi connectivity index (χ0) is 26.8. The van der Waals surface area contributed by atoms with Gasteiger partial charge in [-0.2, -0.15) is 31.6 Å². The molecule has 0 radical (unpaired) electrons. The third kappa shape index (κ3) is 15.6. The van der Waals surface area contributed by atoms with E-state index in [1.807, 2.05) is 6.07 Å². The summed E-state index contributed by atoms with van der Waals surface area (Å²) in [6.07, 6.45) is 3.50. The van der Waals surface area contributed by atoms with Crippen LogP contribution in [0.25, 0.3) is 0 Å². The smallest absolute Gasteiger partial charge is 0.0645 e. The van der Waals surface area contributed by atoms with Gasteiger partial charge in [0, 0.05) is 24.9 Å². The van der Waals surface area contributed by atoms with Gasteiger partial charge in [-0.15, -0.1) is 0 Å². The summed E-state index contributed by atoms with van der Waals surface area (Å²) in [6.45, 7) is 2.15. The van der Waals surface area contributed by atoms with Gasteiger partial charge in [-0.1, -0.05) is 0 Å². The van der Waals surface area contributed by atoms with E-state index in [9.17, 15) is 10.5 Å². The lowest BCUT2D eigenvalue weighted by Crippen LogP contribution is -2.42. The van der Waals surface area contributed by atoms with Gasteiger partial charge in [0.2, 0.25) is 0 Å². The van der Waals surface area contributed by atoms with Crippen molar-refractivity contribution in [2.24, 2.45) is 10.8 Å². The van der Waals surface area contributed by atoms with Crippen molar-refractivity contribution in [1.82, 2.24) is 0 Å². The van der Waals surface area contributed by atoms with Crippen LogP contribution in [0.5, 0.6) is 0 Å². The van der Waals surface area contributed by atoms with E-state index in [-0.39, 0.29) is 78.2 Å². The van der Waals surface area contributed by atoms with Gasteiger partial charge in [0.15, 0.2) is 0 Å². The standard InChI is InChI=1S/C26H36N6O4/c27-10-1-7-25(22-34-17-4-13-30,9-20-33-16-3-12-29)21-26(8-2-11-28,23-35-18-5-14-31)24-36-19-6-15-32/h1-9,16-24H2. The molecule has 0 saturated carbocycles. The highest BCUT2D eigenvalue weighted by Crippen LogP contribution is 2.44. The van der Waals surface area contributed by atoms with Gasteiger partial charge in [0.25, 0.3) is 0 Å². The van der Waals surface area contributed by atoms with Crippen LogP contribution in [0, 0.1) is 78.8 Å². The molecular formula is C26H36N6O4. The quantitative estimate of drug-likeness (QED) is 0.187. The van der Waals surface area contributed by atoms with E-state index in [1.165, 1.54) is 0 Å². The maximum absolute atomic E-state index is 9.37. The van der Waals surface area contributed by atoms with Crippen LogP contribution < -0.4 is 0 Å². The molecule has 0 spiro atoms. The fraction of sp³-hybridized carbons (Fsp3) is 0.769. The Hall–Kier alpha value is -3.22. The van der Waals surface area contributed by atoms with E-state index in [2.05, 4.69) is 30.3 Å². The van der Waals surface area contributed by atoms with Crippen LogP contribution in [0.4, 0.5) is 0 Å². The fourth-order valence-electron chi connectivity index (χ4n) is 4.04. The van der Waals surface area contributed by atoms with Crippen LogP contribution >= 0.6 is 0 Å². The van der Waals surface area contributed by atoms with Gasteiger partial charge in [0.05, 0.1) is 108 Å². The highest BCUT2D eigenvalue weighted by molar-refractivity contribution is 4.94. The monoisotopic (exact) mass is 496 g/mol. The predicted molar refractivity (Wildman–Crippen MR) is 128 cm³/mol. The first-order chi connectivity index (χ1) is 17.6. The summed E-state index contributed by atoms with van der Waals surface area (Å²) < 4.78 is 23.2. The second kappa shape index (κ2) is 22.3. The fourth-order valence-corrected chi connectivity index (χ4v) is 4.04. The first-order valence-corrected chi connectivity index (χ1v) is 12.1. The molecule has 1 atom stereocenters. The average molecular weight is 497 g/mol. The van der Waals surface area contributed by atoms with Crippen LogP contribution in [0.15, 0.2) is 0 Å². The Balaban J connectivity index is 6.03. The zero-order valence-corrected chi connectivity index (χ0v) is 21.0. The Labute approximate surface area is 215 Å². The van der Waals surface area contributed by atoms with E-state index in [0.29, 0.717) is 38.9 Å². The van der Waals surface area contributed by atoms with Crippen molar-refractivity contribution in [3.8, 4) is 36.4 Å². The summed E-state index contributed by atoms with van der Waals surface area (Å²) in [5.74, 6) is 0. The average Bonchev–Trinajstić information content (AvgIpc) is 2.89. The first kappa shape index (κ1) is 32.8. The molecule has 0 bridgehead atoms.